The number of amides is 2. The first-order chi connectivity index (χ1) is 14.5. The van der Waals surface area contributed by atoms with Gasteiger partial charge in [-0.25, -0.2) is 0 Å². The van der Waals surface area contributed by atoms with Gasteiger partial charge in [0.05, 0.1) is 0 Å². The number of aryl methyl sites for hydroxylation is 1. The molecule has 0 saturated carbocycles. The lowest BCUT2D eigenvalue weighted by molar-refractivity contribution is -0.118. The zero-order chi connectivity index (χ0) is 21.1. The first-order valence-electron chi connectivity index (χ1n) is 10.4. The summed E-state index contributed by atoms with van der Waals surface area (Å²) in [5.41, 5.74) is 7.32. The molecule has 4 heteroatoms. The van der Waals surface area contributed by atoms with Gasteiger partial charge in [0.25, 0.3) is 5.91 Å². The van der Waals surface area contributed by atoms with E-state index in [9.17, 15) is 9.59 Å². The monoisotopic (exact) mass is 398 g/mol. The van der Waals surface area contributed by atoms with Gasteiger partial charge in [-0.1, -0.05) is 55.0 Å². The second kappa shape index (κ2) is 8.54. The maximum Gasteiger partial charge on any atom is 0.251 e. The fraction of sp³-hybridized carbons (Fsp3) is 0.231. The minimum absolute atomic E-state index is 0.0780. The summed E-state index contributed by atoms with van der Waals surface area (Å²) in [6.07, 6.45) is 1.41. The lowest BCUT2D eigenvalue weighted by atomic mass is 10.0. The molecule has 0 unspecified atom stereocenters. The summed E-state index contributed by atoms with van der Waals surface area (Å²) in [4.78, 5) is 26.4. The molecular weight excluding hydrogens is 372 g/mol. The maximum atomic E-state index is 12.5. The van der Waals surface area contributed by atoms with E-state index in [0.29, 0.717) is 18.5 Å². The van der Waals surface area contributed by atoms with Gasteiger partial charge in [0.15, 0.2) is 0 Å². The first-order valence-corrected chi connectivity index (χ1v) is 10.4. The van der Waals surface area contributed by atoms with Crippen LogP contribution in [0.5, 0.6) is 0 Å². The maximum absolute atomic E-state index is 12.5. The fourth-order valence-corrected chi connectivity index (χ4v) is 3.95. The van der Waals surface area contributed by atoms with Crippen LogP contribution >= 0.6 is 0 Å². The van der Waals surface area contributed by atoms with E-state index in [1.54, 1.807) is 0 Å². The second-order valence-electron chi connectivity index (χ2n) is 7.74. The van der Waals surface area contributed by atoms with E-state index in [4.69, 9.17) is 0 Å². The van der Waals surface area contributed by atoms with Crippen molar-refractivity contribution >= 4 is 17.5 Å². The predicted octanol–water partition coefficient (Wildman–Crippen LogP) is 4.89. The van der Waals surface area contributed by atoms with Crippen molar-refractivity contribution in [2.45, 2.75) is 33.2 Å². The lowest BCUT2D eigenvalue weighted by Gasteiger charge is -2.16. The van der Waals surface area contributed by atoms with Crippen LogP contribution in [0.3, 0.4) is 0 Å². The van der Waals surface area contributed by atoms with Gasteiger partial charge in [0.2, 0.25) is 5.91 Å². The van der Waals surface area contributed by atoms with Crippen LogP contribution in [0.15, 0.2) is 66.7 Å². The number of hydrogen-bond donors (Lipinski definition) is 1. The summed E-state index contributed by atoms with van der Waals surface area (Å²) in [5.74, 6) is 0.0910. The van der Waals surface area contributed by atoms with Crippen molar-refractivity contribution in [2.24, 2.45) is 0 Å². The summed E-state index contributed by atoms with van der Waals surface area (Å²) in [6.45, 7) is 5.21. The van der Waals surface area contributed by atoms with Crippen molar-refractivity contribution in [3.8, 4) is 11.1 Å². The van der Waals surface area contributed by atoms with Gasteiger partial charge < -0.3 is 10.2 Å². The van der Waals surface area contributed by atoms with E-state index >= 15 is 0 Å². The van der Waals surface area contributed by atoms with Crippen LogP contribution in [0.4, 0.5) is 5.69 Å². The molecule has 152 valence electrons. The van der Waals surface area contributed by atoms with E-state index in [1.165, 1.54) is 11.1 Å². The molecule has 30 heavy (non-hydrogen) atoms. The largest absolute Gasteiger partial charge is 0.348 e. The minimum atomic E-state index is -0.0780. The Hall–Kier alpha value is -3.40. The summed E-state index contributed by atoms with van der Waals surface area (Å²) in [5, 5.41) is 2.98. The highest BCUT2D eigenvalue weighted by Crippen LogP contribution is 2.32. The van der Waals surface area contributed by atoms with Gasteiger partial charge in [-0.3, -0.25) is 9.59 Å². The van der Waals surface area contributed by atoms with Crippen LogP contribution in [0.2, 0.25) is 0 Å². The molecule has 0 radical (unpaired) electrons. The zero-order valence-corrected chi connectivity index (χ0v) is 17.4. The molecule has 0 aliphatic carbocycles. The SMILES string of the molecule is CCC(=O)N1CCc2cc(-c3ccc(C(=O)NCc4cccc(C)c4)cc3)ccc21. The topological polar surface area (TPSA) is 49.4 Å². The van der Waals surface area contributed by atoms with Crippen molar-refractivity contribution in [1.29, 1.82) is 0 Å². The molecule has 1 N–H and O–H groups in total. The fourth-order valence-electron chi connectivity index (χ4n) is 3.95. The van der Waals surface area contributed by atoms with Crippen LogP contribution in [-0.4, -0.2) is 18.4 Å². The highest BCUT2D eigenvalue weighted by Gasteiger charge is 2.23. The zero-order valence-electron chi connectivity index (χ0n) is 17.4. The van der Waals surface area contributed by atoms with Crippen LogP contribution in [0.1, 0.15) is 40.4 Å². The van der Waals surface area contributed by atoms with Crippen molar-refractivity contribution in [2.75, 3.05) is 11.4 Å². The van der Waals surface area contributed by atoms with Crippen LogP contribution < -0.4 is 10.2 Å². The Labute approximate surface area is 177 Å². The molecule has 0 spiro atoms. The van der Waals surface area contributed by atoms with Gasteiger partial charge in [0, 0.05) is 30.8 Å². The van der Waals surface area contributed by atoms with E-state index < -0.39 is 0 Å². The summed E-state index contributed by atoms with van der Waals surface area (Å²) in [7, 11) is 0. The Morgan fingerprint density at radius 1 is 0.967 bits per heavy atom. The molecule has 0 saturated heterocycles. The number of fused-ring (bicyclic) bond motifs is 1. The molecule has 4 rings (SSSR count). The Balaban J connectivity index is 1.45. The Morgan fingerprint density at radius 3 is 2.47 bits per heavy atom. The summed E-state index contributed by atoms with van der Waals surface area (Å²) >= 11 is 0. The molecule has 0 fully saturated rings. The number of nitrogens with one attached hydrogen (secondary N) is 1. The Bertz CT molecular complexity index is 1090. The number of carbonyl (C=O) groups is 2. The second-order valence-corrected chi connectivity index (χ2v) is 7.74. The Kier molecular flexibility index (Phi) is 5.66. The average molecular weight is 399 g/mol. The molecule has 3 aromatic carbocycles. The standard InChI is InChI=1S/C26H26N2O2/c1-3-25(29)28-14-13-23-16-22(11-12-24(23)28)20-7-9-21(10-8-20)26(30)27-17-19-6-4-5-18(2)15-19/h4-12,15-16H,3,13-14,17H2,1-2H3,(H,27,30). The molecular formula is C26H26N2O2. The van der Waals surface area contributed by atoms with E-state index in [2.05, 4.69) is 17.4 Å². The Morgan fingerprint density at radius 2 is 1.73 bits per heavy atom. The average Bonchev–Trinajstić information content (AvgIpc) is 3.20. The van der Waals surface area contributed by atoms with Gasteiger partial charge in [-0.05, 0) is 59.9 Å². The number of hydrogen-bond acceptors (Lipinski definition) is 2. The number of rotatable bonds is 5. The highest BCUT2D eigenvalue weighted by molar-refractivity contribution is 5.96. The molecule has 4 nitrogen and oxygen atoms in total. The highest BCUT2D eigenvalue weighted by atomic mass is 16.2. The summed E-state index contributed by atoms with van der Waals surface area (Å²) < 4.78 is 0. The molecule has 1 heterocycles. The number of nitrogens with zero attached hydrogens (tertiary/aromatic N) is 1. The lowest BCUT2D eigenvalue weighted by Crippen LogP contribution is -2.27. The van der Waals surface area contributed by atoms with E-state index in [0.717, 1.165) is 35.3 Å². The van der Waals surface area contributed by atoms with E-state index in [1.807, 2.05) is 73.3 Å². The van der Waals surface area contributed by atoms with Gasteiger partial charge in [0.1, 0.15) is 0 Å². The first kappa shape index (κ1) is 19.9. The molecule has 3 aromatic rings. The molecule has 0 aromatic heterocycles. The molecule has 1 aliphatic heterocycles. The molecule has 1 aliphatic rings. The smallest absolute Gasteiger partial charge is 0.251 e. The molecule has 2 amide bonds. The van der Waals surface area contributed by atoms with Crippen molar-refractivity contribution < 1.29 is 9.59 Å². The van der Waals surface area contributed by atoms with Crippen molar-refractivity contribution in [1.82, 2.24) is 5.32 Å². The van der Waals surface area contributed by atoms with Crippen LogP contribution in [-0.2, 0) is 17.8 Å². The third-order valence-electron chi connectivity index (χ3n) is 5.59. The normalized spacial score (nSPS) is 12.5. The number of carbonyl (C=O) groups excluding carboxylic acids is 2. The third kappa shape index (κ3) is 4.13. The number of anilines is 1. The van der Waals surface area contributed by atoms with Crippen molar-refractivity contribution in [3.63, 3.8) is 0 Å². The number of benzene rings is 3. The van der Waals surface area contributed by atoms with Crippen molar-refractivity contribution in [3.05, 3.63) is 89.0 Å². The molecule has 0 atom stereocenters. The van der Waals surface area contributed by atoms with E-state index in [-0.39, 0.29) is 11.8 Å². The summed E-state index contributed by atoms with van der Waals surface area (Å²) in [6, 6.07) is 22.1. The minimum Gasteiger partial charge on any atom is -0.348 e. The van der Waals surface area contributed by atoms with Crippen LogP contribution in [0, 0.1) is 6.92 Å². The molecule has 0 bridgehead atoms. The third-order valence-corrected chi connectivity index (χ3v) is 5.59. The quantitative estimate of drug-likeness (QED) is 0.665. The predicted molar refractivity (Wildman–Crippen MR) is 121 cm³/mol. The van der Waals surface area contributed by atoms with Gasteiger partial charge in [-0.15, -0.1) is 0 Å². The van der Waals surface area contributed by atoms with Crippen LogP contribution in [0.25, 0.3) is 11.1 Å². The van der Waals surface area contributed by atoms with Gasteiger partial charge >= 0.3 is 0 Å². The van der Waals surface area contributed by atoms with Gasteiger partial charge in [-0.2, -0.15) is 0 Å².